The summed E-state index contributed by atoms with van der Waals surface area (Å²) < 4.78 is 0. The lowest BCUT2D eigenvalue weighted by molar-refractivity contribution is -0.125. The van der Waals surface area contributed by atoms with Gasteiger partial charge in [0.2, 0.25) is 5.91 Å². The molecule has 1 aliphatic rings. The van der Waals surface area contributed by atoms with E-state index in [1.807, 2.05) is 24.3 Å². The monoisotopic (exact) mass is 283 g/mol. The van der Waals surface area contributed by atoms with E-state index in [0.717, 1.165) is 55.5 Å². The van der Waals surface area contributed by atoms with Crippen molar-refractivity contribution in [3.63, 3.8) is 0 Å². The maximum Gasteiger partial charge on any atom is 0.223 e. The molecule has 2 aromatic rings. The number of aromatic amines is 1. The third-order valence-electron chi connectivity index (χ3n) is 3.97. The Morgan fingerprint density at radius 1 is 1.33 bits per heavy atom. The third-order valence-corrected chi connectivity index (χ3v) is 3.97. The van der Waals surface area contributed by atoms with Crippen LogP contribution in [0, 0.1) is 5.92 Å². The van der Waals surface area contributed by atoms with E-state index in [4.69, 9.17) is 0 Å². The summed E-state index contributed by atoms with van der Waals surface area (Å²) in [5, 5.41) is 3.04. The highest BCUT2D eigenvalue weighted by molar-refractivity contribution is 5.79. The van der Waals surface area contributed by atoms with Crippen LogP contribution in [0.3, 0.4) is 0 Å². The number of hydrogen-bond donors (Lipinski definition) is 2. The zero-order chi connectivity index (χ0) is 14.5. The molecule has 0 spiro atoms. The molecule has 110 valence electrons. The molecule has 1 aromatic carbocycles. The average molecular weight is 283 g/mol. The molecule has 1 atom stereocenters. The maximum absolute atomic E-state index is 12.0. The highest BCUT2D eigenvalue weighted by Gasteiger charge is 2.17. The van der Waals surface area contributed by atoms with Gasteiger partial charge in [0.1, 0.15) is 5.82 Å². The van der Waals surface area contributed by atoms with Crippen molar-refractivity contribution in [2.45, 2.75) is 32.1 Å². The highest BCUT2D eigenvalue weighted by Crippen LogP contribution is 2.18. The Bertz CT molecular complexity index is 611. The van der Waals surface area contributed by atoms with Gasteiger partial charge in [-0.2, -0.15) is 0 Å². The van der Waals surface area contributed by atoms with Gasteiger partial charge >= 0.3 is 0 Å². The molecule has 0 saturated carbocycles. The second-order valence-corrected chi connectivity index (χ2v) is 5.58. The summed E-state index contributed by atoms with van der Waals surface area (Å²) in [6, 6.07) is 8.03. The Morgan fingerprint density at radius 2 is 2.24 bits per heavy atom. The molecule has 21 heavy (non-hydrogen) atoms. The molecule has 2 N–H and O–H groups in total. The Morgan fingerprint density at radius 3 is 3.05 bits per heavy atom. The predicted octanol–water partition coefficient (Wildman–Crippen LogP) is 2.97. The molecule has 0 radical (unpaired) electrons. The number of imidazole rings is 1. The van der Waals surface area contributed by atoms with Gasteiger partial charge in [-0.3, -0.25) is 4.79 Å². The molecule has 4 heteroatoms. The number of fused-ring (bicyclic) bond motifs is 1. The number of nitrogens with one attached hydrogen (secondary N) is 2. The highest BCUT2D eigenvalue weighted by atomic mass is 16.1. The Hall–Kier alpha value is -2.10. The van der Waals surface area contributed by atoms with Crippen molar-refractivity contribution in [3.8, 4) is 0 Å². The first-order valence-corrected chi connectivity index (χ1v) is 7.69. The number of aromatic nitrogens is 2. The molecular formula is C17H21N3O. The van der Waals surface area contributed by atoms with Crippen LogP contribution in [0.2, 0.25) is 0 Å². The van der Waals surface area contributed by atoms with Crippen LogP contribution in [0.4, 0.5) is 0 Å². The second kappa shape index (κ2) is 6.57. The van der Waals surface area contributed by atoms with Crippen molar-refractivity contribution in [2.24, 2.45) is 5.92 Å². The lowest BCUT2D eigenvalue weighted by Crippen LogP contribution is -2.32. The summed E-state index contributed by atoms with van der Waals surface area (Å²) in [5.74, 6) is 1.36. The molecule has 1 aliphatic carbocycles. The molecule has 0 aliphatic heterocycles. The van der Waals surface area contributed by atoms with E-state index < -0.39 is 0 Å². The zero-order valence-electron chi connectivity index (χ0n) is 12.1. The minimum Gasteiger partial charge on any atom is -0.356 e. The van der Waals surface area contributed by atoms with E-state index in [0.29, 0.717) is 0 Å². The number of aryl methyl sites for hydroxylation is 1. The number of H-pyrrole nitrogens is 1. The van der Waals surface area contributed by atoms with Crippen LogP contribution in [0.25, 0.3) is 11.0 Å². The Balaban J connectivity index is 1.43. The lowest BCUT2D eigenvalue weighted by Gasteiger charge is -2.16. The van der Waals surface area contributed by atoms with Gasteiger partial charge < -0.3 is 10.3 Å². The number of carbonyl (C=O) groups is 1. The van der Waals surface area contributed by atoms with Crippen LogP contribution in [0.1, 0.15) is 31.5 Å². The minimum atomic E-state index is 0.168. The van der Waals surface area contributed by atoms with Crippen LogP contribution in [-0.4, -0.2) is 22.4 Å². The molecule has 0 saturated heterocycles. The SMILES string of the molecule is O=C(NCCCc1nc2ccccc2[nH]1)[C@H]1CC=CCC1. The molecule has 0 bridgehead atoms. The van der Waals surface area contributed by atoms with E-state index in [9.17, 15) is 4.79 Å². The molecule has 4 nitrogen and oxygen atoms in total. The normalized spacial score (nSPS) is 18.0. The van der Waals surface area contributed by atoms with Gasteiger partial charge in [-0.15, -0.1) is 0 Å². The largest absolute Gasteiger partial charge is 0.356 e. The number of carbonyl (C=O) groups excluding carboxylic acids is 1. The van der Waals surface area contributed by atoms with Crippen molar-refractivity contribution in [2.75, 3.05) is 6.54 Å². The second-order valence-electron chi connectivity index (χ2n) is 5.58. The zero-order valence-corrected chi connectivity index (χ0v) is 12.1. The number of benzene rings is 1. The van der Waals surface area contributed by atoms with Crippen molar-refractivity contribution < 1.29 is 4.79 Å². The maximum atomic E-state index is 12.0. The Labute approximate surface area is 124 Å². The van der Waals surface area contributed by atoms with Crippen LogP contribution < -0.4 is 5.32 Å². The third kappa shape index (κ3) is 3.51. The minimum absolute atomic E-state index is 0.168. The number of para-hydroxylation sites is 2. The summed E-state index contributed by atoms with van der Waals surface area (Å²) >= 11 is 0. The number of amides is 1. The van der Waals surface area contributed by atoms with Crippen LogP contribution >= 0.6 is 0 Å². The summed E-state index contributed by atoms with van der Waals surface area (Å²) in [4.78, 5) is 19.8. The van der Waals surface area contributed by atoms with E-state index in [-0.39, 0.29) is 11.8 Å². The standard InChI is InChI=1S/C17H21N3O/c21-17(13-7-2-1-3-8-13)18-12-6-11-16-19-14-9-4-5-10-15(14)20-16/h1-2,4-5,9-10,13H,3,6-8,11-12H2,(H,18,21)(H,19,20)/t13-/m0/s1. The first-order chi connectivity index (χ1) is 10.3. The fourth-order valence-electron chi connectivity index (χ4n) is 2.77. The number of rotatable bonds is 5. The average Bonchev–Trinajstić information content (AvgIpc) is 2.95. The predicted molar refractivity (Wildman–Crippen MR) is 83.9 cm³/mol. The van der Waals surface area contributed by atoms with Crippen molar-refractivity contribution >= 4 is 16.9 Å². The van der Waals surface area contributed by atoms with Gasteiger partial charge in [0.25, 0.3) is 0 Å². The summed E-state index contributed by atoms with van der Waals surface area (Å²) in [6.07, 6.45) is 8.93. The smallest absolute Gasteiger partial charge is 0.223 e. The van der Waals surface area contributed by atoms with E-state index in [2.05, 4.69) is 27.4 Å². The van der Waals surface area contributed by atoms with Crippen LogP contribution in [0.15, 0.2) is 36.4 Å². The topological polar surface area (TPSA) is 57.8 Å². The number of hydrogen-bond acceptors (Lipinski definition) is 2. The van der Waals surface area contributed by atoms with E-state index >= 15 is 0 Å². The van der Waals surface area contributed by atoms with Gasteiger partial charge in [0.05, 0.1) is 11.0 Å². The Kier molecular flexibility index (Phi) is 4.34. The fourth-order valence-corrected chi connectivity index (χ4v) is 2.77. The molecule has 0 unspecified atom stereocenters. The first-order valence-electron chi connectivity index (χ1n) is 7.69. The van der Waals surface area contributed by atoms with Gasteiger partial charge in [-0.05, 0) is 37.8 Å². The van der Waals surface area contributed by atoms with Gasteiger partial charge in [0.15, 0.2) is 0 Å². The number of allylic oxidation sites excluding steroid dienone is 2. The summed E-state index contributed by atoms with van der Waals surface area (Å²) in [7, 11) is 0. The number of nitrogens with zero attached hydrogens (tertiary/aromatic N) is 1. The van der Waals surface area contributed by atoms with Gasteiger partial charge in [0, 0.05) is 18.9 Å². The van der Waals surface area contributed by atoms with E-state index in [1.54, 1.807) is 0 Å². The summed E-state index contributed by atoms with van der Waals surface area (Å²) in [6.45, 7) is 0.718. The molecule has 1 heterocycles. The molecule has 3 rings (SSSR count). The first kappa shape index (κ1) is 13.9. The lowest BCUT2D eigenvalue weighted by atomic mass is 9.94. The van der Waals surface area contributed by atoms with Crippen LogP contribution in [-0.2, 0) is 11.2 Å². The van der Waals surface area contributed by atoms with Crippen molar-refractivity contribution in [1.29, 1.82) is 0 Å². The van der Waals surface area contributed by atoms with Gasteiger partial charge in [-0.25, -0.2) is 4.98 Å². The van der Waals surface area contributed by atoms with Gasteiger partial charge in [-0.1, -0.05) is 24.3 Å². The fraction of sp³-hybridized carbons (Fsp3) is 0.412. The molecule has 1 aromatic heterocycles. The summed E-state index contributed by atoms with van der Waals surface area (Å²) in [5.41, 5.74) is 2.08. The van der Waals surface area contributed by atoms with Crippen LogP contribution in [0.5, 0.6) is 0 Å². The molecule has 0 fully saturated rings. The van der Waals surface area contributed by atoms with Crippen molar-refractivity contribution in [1.82, 2.24) is 15.3 Å². The quantitative estimate of drug-likeness (QED) is 0.654. The van der Waals surface area contributed by atoms with E-state index in [1.165, 1.54) is 0 Å². The van der Waals surface area contributed by atoms with Crippen molar-refractivity contribution in [3.05, 3.63) is 42.2 Å². The molecular weight excluding hydrogens is 262 g/mol. The molecule has 1 amide bonds.